The van der Waals surface area contributed by atoms with E-state index in [2.05, 4.69) is 18.3 Å². The van der Waals surface area contributed by atoms with Gasteiger partial charge in [-0.25, -0.2) is 9.97 Å². The highest BCUT2D eigenvalue weighted by Gasteiger charge is 2.13. The van der Waals surface area contributed by atoms with Crippen molar-refractivity contribution in [1.29, 1.82) is 0 Å². The highest BCUT2D eigenvalue weighted by Crippen LogP contribution is 2.32. The smallest absolute Gasteiger partial charge is 0.163 e. The molecule has 2 heterocycles. The summed E-state index contributed by atoms with van der Waals surface area (Å²) in [6.07, 6.45) is 0.992. The third-order valence-corrected chi connectivity index (χ3v) is 5.77. The van der Waals surface area contributed by atoms with Crippen LogP contribution in [0.3, 0.4) is 0 Å². The SMILES string of the molecule is CCc1cc2c(NCc3ccccc3Cl)nc(-c3ccccc3)nc2s1. The van der Waals surface area contributed by atoms with Gasteiger partial charge in [0.05, 0.1) is 5.39 Å². The summed E-state index contributed by atoms with van der Waals surface area (Å²) in [7, 11) is 0. The van der Waals surface area contributed by atoms with Crippen LogP contribution in [0.25, 0.3) is 21.6 Å². The van der Waals surface area contributed by atoms with Crippen molar-refractivity contribution in [3.8, 4) is 11.4 Å². The normalized spacial score (nSPS) is 11.0. The van der Waals surface area contributed by atoms with Crippen LogP contribution < -0.4 is 5.32 Å². The van der Waals surface area contributed by atoms with E-state index < -0.39 is 0 Å². The Morgan fingerprint density at radius 3 is 2.54 bits per heavy atom. The van der Waals surface area contributed by atoms with Crippen molar-refractivity contribution < 1.29 is 0 Å². The summed E-state index contributed by atoms with van der Waals surface area (Å²) in [5.74, 6) is 1.59. The van der Waals surface area contributed by atoms with Crippen LogP contribution in [0, 0.1) is 0 Å². The molecule has 4 rings (SSSR count). The maximum Gasteiger partial charge on any atom is 0.163 e. The minimum absolute atomic E-state index is 0.622. The van der Waals surface area contributed by atoms with E-state index in [1.54, 1.807) is 11.3 Å². The zero-order chi connectivity index (χ0) is 17.9. The van der Waals surface area contributed by atoms with Gasteiger partial charge in [0.15, 0.2) is 5.82 Å². The lowest BCUT2D eigenvalue weighted by Crippen LogP contribution is -2.04. The molecular weight excluding hydrogens is 362 g/mol. The number of aromatic nitrogens is 2. The van der Waals surface area contributed by atoms with Crippen LogP contribution in [-0.2, 0) is 13.0 Å². The molecular formula is C21H18ClN3S. The summed E-state index contributed by atoms with van der Waals surface area (Å²) in [5, 5.41) is 5.29. The minimum atomic E-state index is 0.622. The molecule has 1 N–H and O–H groups in total. The second-order valence-corrected chi connectivity index (χ2v) is 7.51. The quantitative estimate of drug-likeness (QED) is 0.449. The first kappa shape index (κ1) is 17.0. The highest BCUT2D eigenvalue weighted by molar-refractivity contribution is 7.18. The summed E-state index contributed by atoms with van der Waals surface area (Å²) in [5.41, 5.74) is 2.06. The van der Waals surface area contributed by atoms with Gasteiger partial charge in [-0.05, 0) is 24.1 Å². The van der Waals surface area contributed by atoms with Gasteiger partial charge < -0.3 is 5.32 Å². The summed E-state index contributed by atoms with van der Waals surface area (Å²) in [6, 6.07) is 20.1. The van der Waals surface area contributed by atoms with Gasteiger partial charge in [0, 0.05) is 22.0 Å². The van der Waals surface area contributed by atoms with Crippen LogP contribution in [0.2, 0.25) is 5.02 Å². The number of thiophene rings is 1. The molecule has 2 aromatic heterocycles. The Morgan fingerprint density at radius 2 is 1.77 bits per heavy atom. The fourth-order valence-electron chi connectivity index (χ4n) is 2.82. The summed E-state index contributed by atoms with van der Waals surface area (Å²) in [4.78, 5) is 11.9. The number of nitrogens with one attached hydrogen (secondary N) is 1. The first-order valence-corrected chi connectivity index (χ1v) is 9.77. The lowest BCUT2D eigenvalue weighted by molar-refractivity contribution is 1.11. The molecule has 0 saturated heterocycles. The van der Waals surface area contributed by atoms with E-state index in [9.17, 15) is 0 Å². The van der Waals surface area contributed by atoms with Gasteiger partial charge in [-0.15, -0.1) is 11.3 Å². The van der Waals surface area contributed by atoms with E-state index >= 15 is 0 Å². The minimum Gasteiger partial charge on any atom is -0.365 e. The molecule has 3 nitrogen and oxygen atoms in total. The zero-order valence-corrected chi connectivity index (χ0v) is 15.9. The van der Waals surface area contributed by atoms with Gasteiger partial charge in [-0.2, -0.15) is 0 Å². The molecule has 0 spiro atoms. The highest BCUT2D eigenvalue weighted by atomic mass is 35.5. The Kier molecular flexibility index (Phi) is 4.87. The Balaban J connectivity index is 1.76. The predicted octanol–water partition coefficient (Wildman–Crippen LogP) is 6.19. The summed E-state index contributed by atoms with van der Waals surface area (Å²) in [6.45, 7) is 2.78. The van der Waals surface area contributed by atoms with Gasteiger partial charge in [-0.3, -0.25) is 0 Å². The molecule has 0 bridgehead atoms. The standard InChI is InChI=1S/C21H18ClN3S/c1-2-16-12-17-20(23-13-15-10-6-7-11-18(15)22)24-19(25-21(17)26-16)14-8-4-3-5-9-14/h3-12H,2,13H2,1H3,(H,23,24,25). The molecule has 4 aromatic rings. The van der Waals surface area contributed by atoms with Crippen molar-refractivity contribution in [2.24, 2.45) is 0 Å². The number of anilines is 1. The van der Waals surface area contributed by atoms with Gasteiger partial charge in [0.25, 0.3) is 0 Å². The number of fused-ring (bicyclic) bond motifs is 1. The summed E-state index contributed by atoms with van der Waals surface area (Å²) < 4.78 is 0. The molecule has 0 aliphatic rings. The van der Waals surface area contributed by atoms with Crippen LogP contribution in [0.15, 0.2) is 60.7 Å². The maximum absolute atomic E-state index is 6.29. The van der Waals surface area contributed by atoms with Crippen molar-refractivity contribution in [3.05, 3.63) is 76.1 Å². The van der Waals surface area contributed by atoms with E-state index in [0.29, 0.717) is 6.54 Å². The molecule has 0 unspecified atom stereocenters. The van der Waals surface area contributed by atoms with Gasteiger partial charge in [-0.1, -0.05) is 67.1 Å². The van der Waals surface area contributed by atoms with Crippen LogP contribution in [-0.4, -0.2) is 9.97 Å². The van der Waals surface area contributed by atoms with Crippen molar-refractivity contribution >= 4 is 39.0 Å². The molecule has 26 heavy (non-hydrogen) atoms. The summed E-state index contributed by atoms with van der Waals surface area (Å²) >= 11 is 8.02. The Labute approximate surface area is 161 Å². The van der Waals surface area contributed by atoms with Gasteiger partial charge in [0.1, 0.15) is 10.6 Å². The molecule has 0 aliphatic heterocycles. The van der Waals surface area contributed by atoms with E-state index in [4.69, 9.17) is 21.6 Å². The van der Waals surface area contributed by atoms with Crippen LogP contribution in [0.5, 0.6) is 0 Å². The Bertz CT molecular complexity index is 1040. The topological polar surface area (TPSA) is 37.8 Å². The van der Waals surface area contributed by atoms with Crippen LogP contribution in [0.1, 0.15) is 17.4 Å². The third kappa shape index (κ3) is 3.43. The fourth-order valence-corrected chi connectivity index (χ4v) is 3.99. The molecule has 0 fully saturated rings. The first-order chi connectivity index (χ1) is 12.7. The third-order valence-electron chi connectivity index (χ3n) is 4.23. The van der Waals surface area contributed by atoms with Crippen LogP contribution in [0.4, 0.5) is 5.82 Å². The molecule has 0 saturated carbocycles. The van der Waals surface area contributed by atoms with Gasteiger partial charge in [0.2, 0.25) is 0 Å². The second kappa shape index (κ2) is 7.44. The van der Waals surface area contributed by atoms with Crippen LogP contribution >= 0.6 is 22.9 Å². The number of halogens is 1. The monoisotopic (exact) mass is 379 g/mol. The molecule has 0 amide bonds. The lowest BCUT2D eigenvalue weighted by atomic mass is 10.2. The molecule has 0 aliphatic carbocycles. The Morgan fingerprint density at radius 1 is 1.00 bits per heavy atom. The second-order valence-electron chi connectivity index (χ2n) is 5.99. The number of hydrogen-bond acceptors (Lipinski definition) is 4. The number of rotatable bonds is 5. The number of benzene rings is 2. The maximum atomic E-state index is 6.29. The number of aryl methyl sites for hydroxylation is 1. The van der Waals surface area contributed by atoms with E-state index in [1.165, 1.54) is 4.88 Å². The zero-order valence-electron chi connectivity index (χ0n) is 14.4. The van der Waals surface area contributed by atoms with E-state index in [-0.39, 0.29) is 0 Å². The van der Waals surface area contributed by atoms with E-state index in [0.717, 1.165) is 44.4 Å². The van der Waals surface area contributed by atoms with Crippen molar-refractivity contribution in [3.63, 3.8) is 0 Å². The lowest BCUT2D eigenvalue weighted by Gasteiger charge is -2.10. The largest absolute Gasteiger partial charge is 0.365 e. The van der Waals surface area contributed by atoms with Crippen molar-refractivity contribution in [1.82, 2.24) is 9.97 Å². The average Bonchev–Trinajstić information content (AvgIpc) is 3.11. The Hall–Kier alpha value is -2.43. The number of hydrogen-bond donors (Lipinski definition) is 1. The molecule has 5 heteroatoms. The van der Waals surface area contributed by atoms with Crippen molar-refractivity contribution in [2.45, 2.75) is 19.9 Å². The average molecular weight is 380 g/mol. The molecule has 0 radical (unpaired) electrons. The predicted molar refractivity (Wildman–Crippen MR) is 111 cm³/mol. The molecule has 2 aromatic carbocycles. The molecule has 0 atom stereocenters. The fraction of sp³-hybridized carbons (Fsp3) is 0.143. The van der Waals surface area contributed by atoms with Crippen molar-refractivity contribution in [2.75, 3.05) is 5.32 Å². The first-order valence-electron chi connectivity index (χ1n) is 8.57. The van der Waals surface area contributed by atoms with Gasteiger partial charge >= 0.3 is 0 Å². The number of nitrogens with zero attached hydrogens (tertiary/aromatic N) is 2. The van der Waals surface area contributed by atoms with E-state index in [1.807, 2.05) is 54.6 Å². The molecule has 130 valence electrons.